The van der Waals surface area contributed by atoms with Gasteiger partial charge in [-0.05, 0) is 54.7 Å². The van der Waals surface area contributed by atoms with E-state index < -0.39 is 33.4 Å². The Bertz CT molecular complexity index is 990. The van der Waals surface area contributed by atoms with Crippen molar-refractivity contribution in [3.63, 3.8) is 0 Å². The minimum atomic E-state index is -3.78. The van der Waals surface area contributed by atoms with Crippen LogP contribution < -0.4 is 15.5 Å². The molecular formula is C22H32N4O5S. The van der Waals surface area contributed by atoms with E-state index in [1.165, 1.54) is 12.1 Å². The molecule has 0 radical (unpaired) electrons. The number of nitrogens with one attached hydrogen (secondary N) is 3. The molecule has 1 aliphatic carbocycles. The smallest absolute Gasteiger partial charge is 0.322 e. The molecule has 0 bridgehead atoms. The lowest BCUT2D eigenvalue weighted by molar-refractivity contribution is -0.140. The predicted molar refractivity (Wildman–Crippen MR) is 119 cm³/mol. The first-order chi connectivity index (χ1) is 14.8. The van der Waals surface area contributed by atoms with E-state index in [0.29, 0.717) is 18.8 Å². The van der Waals surface area contributed by atoms with Crippen LogP contribution in [0.4, 0.5) is 4.79 Å². The van der Waals surface area contributed by atoms with Gasteiger partial charge in [0.25, 0.3) is 5.91 Å². The number of hydrogen-bond acceptors (Lipinski definition) is 5. The monoisotopic (exact) mass is 464 g/mol. The van der Waals surface area contributed by atoms with E-state index in [0.717, 1.165) is 23.4 Å². The minimum Gasteiger partial charge on any atom is -0.322 e. The normalized spacial score (nSPS) is 24.0. The summed E-state index contributed by atoms with van der Waals surface area (Å²) in [6.45, 7) is 8.05. The molecule has 10 heteroatoms. The largest absolute Gasteiger partial charge is 0.344 e. The summed E-state index contributed by atoms with van der Waals surface area (Å²) in [4.78, 5) is 37.4. The molecule has 0 unspecified atom stereocenters. The number of amides is 4. The fourth-order valence-corrected chi connectivity index (χ4v) is 5.04. The van der Waals surface area contributed by atoms with Crippen LogP contribution in [0.3, 0.4) is 0 Å². The first kappa shape index (κ1) is 24.2. The lowest BCUT2D eigenvalue weighted by Crippen LogP contribution is -2.51. The third kappa shape index (κ3) is 5.12. The third-order valence-electron chi connectivity index (χ3n) is 6.20. The molecule has 0 atom stereocenters. The summed E-state index contributed by atoms with van der Waals surface area (Å²) >= 11 is 0. The van der Waals surface area contributed by atoms with Crippen LogP contribution in [-0.2, 0) is 25.0 Å². The van der Waals surface area contributed by atoms with Crippen LogP contribution in [0.25, 0.3) is 0 Å². The number of rotatable bonds is 6. The molecule has 2 aliphatic rings. The number of hydrogen-bond donors (Lipinski definition) is 3. The standard InChI is InChI=1S/C22H32N4O5S/c1-15-9-12-22(13-10-15)19(28)26(20(29)24-22)25-18(27)11-14-23-32(30,31)17-7-5-16(6-8-17)21(2,3)4/h5-8,15,23H,9-14H2,1-4H3,(H,24,29)(H,25,27). The highest BCUT2D eigenvalue weighted by molar-refractivity contribution is 7.89. The van der Waals surface area contributed by atoms with E-state index in [4.69, 9.17) is 0 Å². The number of nitrogens with zero attached hydrogens (tertiary/aromatic N) is 1. The van der Waals surface area contributed by atoms with Crippen LogP contribution in [0.1, 0.15) is 65.4 Å². The summed E-state index contributed by atoms with van der Waals surface area (Å²) in [5.74, 6) is -0.588. The molecule has 1 aliphatic heterocycles. The zero-order valence-corrected chi connectivity index (χ0v) is 19.8. The molecule has 1 saturated carbocycles. The average Bonchev–Trinajstić information content (AvgIpc) is 2.94. The van der Waals surface area contributed by atoms with Crippen LogP contribution >= 0.6 is 0 Å². The van der Waals surface area contributed by atoms with Crippen LogP contribution in [0, 0.1) is 5.92 Å². The Kier molecular flexibility index (Phi) is 6.67. The van der Waals surface area contributed by atoms with Gasteiger partial charge in [0.2, 0.25) is 15.9 Å². The summed E-state index contributed by atoms with van der Waals surface area (Å²) in [7, 11) is -3.78. The quantitative estimate of drug-likeness (QED) is 0.557. The highest BCUT2D eigenvalue weighted by Gasteiger charge is 2.52. The van der Waals surface area contributed by atoms with Gasteiger partial charge in [-0.2, -0.15) is 5.01 Å². The number of benzene rings is 1. The fraction of sp³-hybridized carbons (Fsp3) is 0.591. The minimum absolute atomic E-state index is 0.0957. The number of hydrazine groups is 1. The van der Waals surface area contributed by atoms with Gasteiger partial charge in [-0.25, -0.2) is 17.9 Å². The van der Waals surface area contributed by atoms with E-state index in [-0.39, 0.29) is 23.3 Å². The van der Waals surface area contributed by atoms with Gasteiger partial charge in [-0.3, -0.25) is 15.0 Å². The molecule has 3 N–H and O–H groups in total. The highest BCUT2D eigenvalue weighted by Crippen LogP contribution is 2.35. The second-order valence-corrected chi connectivity index (χ2v) is 11.6. The third-order valence-corrected chi connectivity index (χ3v) is 7.68. The van der Waals surface area contributed by atoms with Crippen molar-refractivity contribution in [2.45, 2.75) is 75.6 Å². The molecule has 32 heavy (non-hydrogen) atoms. The van der Waals surface area contributed by atoms with Gasteiger partial charge in [0.1, 0.15) is 5.54 Å². The topological polar surface area (TPSA) is 125 Å². The number of carbonyl (C=O) groups is 3. The van der Waals surface area contributed by atoms with Gasteiger partial charge in [-0.15, -0.1) is 0 Å². The Labute approximate surface area is 189 Å². The van der Waals surface area contributed by atoms with Crippen LogP contribution in [0.5, 0.6) is 0 Å². The molecule has 1 aromatic carbocycles. The van der Waals surface area contributed by atoms with Crippen LogP contribution in [0.2, 0.25) is 0 Å². The van der Waals surface area contributed by atoms with E-state index in [9.17, 15) is 22.8 Å². The van der Waals surface area contributed by atoms with E-state index in [1.807, 2.05) is 20.8 Å². The number of sulfonamides is 1. The van der Waals surface area contributed by atoms with E-state index >= 15 is 0 Å². The lowest BCUT2D eigenvalue weighted by Gasteiger charge is -2.33. The van der Waals surface area contributed by atoms with Crippen molar-refractivity contribution in [1.29, 1.82) is 0 Å². The van der Waals surface area contributed by atoms with Crippen LogP contribution in [-0.4, -0.2) is 43.4 Å². The van der Waals surface area contributed by atoms with Crippen molar-refractivity contribution in [2.75, 3.05) is 6.54 Å². The second kappa shape index (κ2) is 8.82. The van der Waals surface area contributed by atoms with Crippen molar-refractivity contribution in [2.24, 2.45) is 5.92 Å². The zero-order chi connectivity index (χ0) is 23.7. The van der Waals surface area contributed by atoms with E-state index in [2.05, 4.69) is 22.4 Å². The van der Waals surface area contributed by atoms with Gasteiger partial charge in [0.15, 0.2) is 0 Å². The van der Waals surface area contributed by atoms with Gasteiger partial charge in [0.05, 0.1) is 4.90 Å². The Morgan fingerprint density at radius 1 is 1.16 bits per heavy atom. The van der Waals surface area contributed by atoms with Crippen molar-refractivity contribution in [3.05, 3.63) is 29.8 Å². The molecule has 2 fully saturated rings. The summed E-state index contributed by atoms with van der Waals surface area (Å²) < 4.78 is 27.3. The van der Waals surface area contributed by atoms with Gasteiger partial charge in [-0.1, -0.05) is 39.8 Å². The predicted octanol–water partition coefficient (Wildman–Crippen LogP) is 2.18. The number of imide groups is 1. The SMILES string of the molecule is CC1CCC2(CC1)NC(=O)N(NC(=O)CCNS(=O)(=O)c1ccc(C(C)(C)C)cc1)C2=O. The Morgan fingerprint density at radius 2 is 1.75 bits per heavy atom. The van der Waals surface area contributed by atoms with Crippen molar-refractivity contribution >= 4 is 27.9 Å². The number of urea groups is 1. The summed E-state index contributed by atoms with van der Waals surface area (Å²) in [6, 6.07) is 5.93. The van der Waals surface area contributed by atoms with Crippen molar-refractivity contribution in [3.8, 4) is 0 Å². The summed E-state index contributed by atoms with van der Waals surface area (Å²) in [5, 5.41) is 3.44. The molecule has 4 amide bonds. The zero-order valence-electron chi connectivity index (χ0n) is 19.0. The molecule has 0 aromatic heterocycles. The van der Waals surface area contributed by atoms with Gasteiger partial charge in [0, 0.05) is 13.0 Å². The molecule has 9 nitrogen and oxygen atoms in total. The summed E-state index contributed by atoms with van der Waals surface area (Å²) in [5.41, 5.74) is 2.28. The molecule has 1 heterocycles. The summed E-state index contributed by atoms with van der Waals surface area (Å²) in [6.07, 6.45) is 2.51. The maximum Gasteiger partial charge on any atom is 0.344 e. The molecule has 1 aromatic rings. The maximum absolute atomic E-state index is 12.8. The first-order valence-electron chi connectivity index (χ1n) is 10.9. The van der Waals surface area contributed by atoms with Gasteiger partial charge < -0.3 is 5.32 Å². The van der Waals surface area contributed by atoms with Crippen molar-refractivity contribution < 1.29 is 22.8 Å². The Morgan fingerprint density at radius 3 is 2.31 bits per heavy atom. The van der Waals surface area contributed by atoms with Gasteiger partial charge >= 0.3 is 6.03 Å². The molecule has 3 rings (SSSR count). The highest BCUT2D eigenvalue weighted by atomic mass is 32.2. The number of carbonyl (C=O) groups excluding carboxylic acids is 3. The molecular weight excluding hydrogens is 432 g/mol. The molecule has 176 valence electrons. The van der Waals surface area contributed by atoms with Crippen LogP contribution in [0.15, 0.2) is 29.2 Å². The fourth-order valence-electron chi connectivity index (χ4n) is 4.01. The van der Waals surface area contributed by atoms with E-state index in [1.54, 1.807) is 12.1 Å². The Balaban J connectivity index is 1.53. The first-order valence-corrected chi connectivity index (χ1v) is 12.4. The van der Waals surface area contributed by atoms with Crippen molar-refractivity contribution in [1.82, 2.24) is 20.5 Å². The lowest BCUT2D eigenvalue weighted by atomic mass is 9.77. The Hall–Kier alpha value is -2.46. The average molecular weight is 465 g/mol. The maximum atomic E-state index is 12.8. The molecule has 1 saturated heterocycles. The molecule has 1 spiro atoms. The second-order valence-electron chi connectivity index (χ2n) is 9.79.